The minimum atomic E-state index is -0.922. The van der Waals surface area contributed by atoms with Crippen LogP contribution in [-0.4, -0.2) is 46.1 Å². The van der Waals surface area contributed by atoms with Crippen molar-refractivity contribution in [3.63, 3.8) is 0 Å². The molecule has 1 atom stereocenters. The summed E-state index contributed by atoms with van der Waals surface area (Å²) >= 11 is 0. The van der Waals surface area contributed by atoms with E-state index in [0.717, 1.165) is 29.1 Å². The number of benzene rings is 1. The second-order valence-corrected chi connectivity index (χ2v) is 7.27. The van der Waals surface area contributed by atoms with Crippen molar-refractivity contribution in [1.29, 1.82) is 0 Å². The van der Waals surface area contributed by atoms with Gasteiger partial charge >= 0.3 is 17.8 Å². The second kappa shape index (κ2) is 7.90. The van der Waals surface area contributed by atoms with Crippen LogP contribution in [0.25, 0.3) is 0 Å². The van der Waals surface area contributed by atoms with E-state index in [2.05, 4.69) is 19.2 Å². The highest BCUT2D eigenvalue weighted by Crippen LogP contribution is 2.27. The van der Waals surface area contributed by atoms with Gasteiger partial charge in [-0.25, -0.2) is 9.69 Å². The van der Waals surface area contributed by atoms with Crippen LogP contribution in [0, 0.1) is 0 Å². The fourth-order valence-corrected chi connectivity index (χ4v) is 3.62. The maximum Gasteiger partial charge on any atom is 0.334 e. The summed E-state index contributed by atoms with van der Waals surface area (Å²) in [6, 6.07) is 6.57. The fourth-order valence-electron chi connectivity index (χ4n) is 3.62. The number of nitrogens with zero attached hydrogens (tertiary/aromatic N) is 2. The lowest BCUT2D eigenvalue weighted by molar-refractivity contribution is -0.144. The molecule has 5 amide bonds. The number of carbonyl (C=O) groups is 4. The van der Waals surface area contributed by atoms with Crippen molar-refractivity contribution in [2.45, 2.75) is 57.9 Å². The third-order valence-electron chi connectivity index (χ3n) is 5.45. The molecule has 144 valence electrons. The Morgan fingerprint density at radius 1 is 1.11 bits per heavy atom. The van der Waals surface area contributed by atoms with Crippen LogP contribution in [0.1, 0.15) is 57.4 Å². The van der Waals surface area contributed by atoms with Crippen LogP contribution >= 0.6 is 0 Å². The number of amides is 5. The van der Waals surface area contributed by atoms with Gasteiger partial charge in [0.15, 0.2) is 0 Å². The summed E-state index contributed by atoms with van der Waals surface area (Å²) in [5, 5.41) is 2.68. The molecule has 0 aromatic heterocycles. The van der Waals surface area contributed by atoms with Gasteiger partial charge in [-0.3, -0.25) is 19.3 Å². The van der Waals surface area contributed by atoms with E-state index < -0.39 is 30.3 Å². The Hall–Kier alpha value is -2.70. The average molecular weight is 371 g/mol. The predicted octanol–water partition coefficient (Wildman–Crippen LogP) is 2.87. The Morgan fingerprint density at radius 2 is 1.74 bits per heavy atom. The number of urea groups is 1. The lowest BCUT2D eigenvalue weighted by Crippen LogP contribution is -2.41. The summed E-state index contributed by atoms with van der Waals surface area (Å²) in [7, 11) is 0. The first-order chi connectivity index (χ1) is 12.9. The van der Waals surface area contributed by atoms with E-state index in [9.17, 15) is 19.2 Å². The molecule has 1 aliphatic heterocycles. The molecule has 1 heterocycles. The van der Waals surface area contributed by atoms with Crippen molar-refractivity contribution < 1.29 is 19.2 Å². The topological polar surface area (TPSA) is 86.8 Å². The molecule has 27 heavy (non-hydrogen) atoms. The first-order valence-electron chi connectivity index (χ1n) is 9.51. The van der Waals surface area contributed by atoms with Gasteiger partial charge in [-0.1, -0.05) is 38.8 Å². The highest BCUT2D eigenvalue weighted by Gasteiger charge is 2.48. The maximum atomic E-state index is 12.5. The van der Waals surface area contributed by atoms with Crippen molar-refractivity contribution in [1.82, 2.24) is 9.80 Å². The summed E-state index contributed by atoms with van der Waals surface area (Å²) < 4.78 is 0. The third kappa shape index (κ3) is 3.86. The average Bonchev–Trinajstić information content (AvgIpc) is 3.25. The van der Waals surface area contributed by atoms with Crippen LogP contribution in [0.3, 0.4) is 0 Å². The molecule has 7 heteroatoms. The summed E-state index contributed by atoms with van der Waals surface area (Å²) in [4.78, 5) is 50.9. The first kappa shape index (κ1) is 19.1. The lowest BCUT2D eigenvalue weighted by Gasteiger charge is -2.20. The minimum Gasteiger partial charge on any atom is -0.325 e. The standard InChI is InChI=1S/C20H25N3O4/c1-3-13(2)14-8-10-15(11-9-14)21-17(24)12-22-18(25)19(26)23(20(22)27)16-6-4-5-7-16/h8-11,13,16H,3-7,12H2,1-2H3,(H,21,24)/t13-/m0/s1. The summed E-state index contributed by atoms with van der Waals surface area (Å²) in [6.45, 7) is 3.78. The van der Waals surface area contributed by atoms with Crippen LogP contribution < -0.4 is 5.32 Å². The number of rotatable bonds is 6. The van der Waals surface area contributed by atoms with Crippen LogP contribution in [0.15, 0.2) is 24.3 Å². The highest BCUT2D eigenvalue weighted by atomic mass is 16.2. The third-order valence-corrected chi connectivity index (χ3v) is 5.45. The van der Waals surface area contributed by atoms with E-state index in [-0.39, 0.29) is 6.04 Å². The molecule has 1 N–H and O–H groups in total. The number of hydrogen-bond acceptors (Lipinski definition) is 4. The molecular weight excluding hydrogens is 346 g/mol. The number of hydrogen-bond donors (Lipinski definition) is 1. The molecule has 7 nitrogen and oxygen atoms in total. The number of anilines is 1. The van der Waals surface area contributed by atoms with Gasteiger partial charge in [0.2, 0.25) is 5.91 Å². The van der Waals surface area contributed by atoms with E-state index in [0.29, 0.717) is 24.4 Å². The van der Waals surface area contributed by atoms with Crippen molar-refractivity contribution in [2.24, 2.45) is 0 Å². The Labute approximate surface area is 158 Å². The Morgan fingerprint density at radius 3 is 2.33 bits per heavy atom. The molecular formula is C20H25N3O4. The number of imide groups is 2. The van der Waals surface area contributed by atoms with Gasteiger partial charge in [0.05, 0.1) is 0 Å². The van der Waals surface area contributed by atoms with Gasteiger partial charge in [-0.15, -0.1) is 0 Å². The zero-order chi connectivity index (χ0) is 19.6. The van der Waals surface area contributed by atoms with E-state index in [4.69, 9.17) is 0 Å². The smallest absolute Gasteiger partial charge is 0.325 e. The molecule has 2 fully saturated rings. The molecule has 0 spiro atoms. The van der Waals surface area contributed by atoms with Crippen molar-refractivity contribution in [3.8, 4) is 0 Å². The fraction of sp³-hybridized carbons (Fsp3) is 0.500. The number of carbonyl (C=O) groups excluding carboxylic acids is 4. The SMILES string of the molecule is CC[C@H](C)c1ccc(NC(=O)CN2C(=O)C(=O)N(C3CCCC3)C2=O)cc1. The molecule has 1 aromatic carbocycles. The largest absolute Gasteiger partial charge is 0.334 e. The zero-order valence-electron chi connectivity index (χ0n) is 15.7. The van der Waals surface area contributed by atoms with Crippen LogP contribution in [0.5, 0.6) is 0 Å². The van der Waals surface area contributed by atoms with Gasteiger partial charge in [0, 0.05) is 11.7 Å². The Balaban J connectivity index is 1.62. The monoisotopic (exact) mass is 371 g/mol. The van der Waals surface area contributed by atoms with Gasteiger partial charge < -0.3 is 5.32 Å². The van der Waals surface area contributed by atoms with Crippen molar-refractivity contribution in [3.05, 3.63) is 29.8 Å². The van der Waals surface area contributed by atoms with Crippen molar-refractivity contribution in [2.75, 3.05) is 11.9 Å². The van der Waals surface area contributed by atoms with Gasteiger partial charge in [0.1, 0.15) is 6.54 Å². The Bertz CT molecular complexity index is 753. The predicted molar refractivity (Wildman–Crippen MR) is 100.0 cm³/mol. The molecule has 0 unspecified atom stereocenters. The number of nitrogens with one attached hydrogen (secondary N) is 1. The summed E-state index contributed by atoms with van der Waals surface area (Å²) in [6.07, 6.45) is 4.32. The quantitative estimate of drug-likeness (QED) is 0.615. The molecule has 0 bridgehead atoms. The van der Waals surface area contributed by atoms with Gasteiger partial charge in [0.25, 0.3) is 0 Å². The van der Waals surface area contributed by atoms with Crippen LogP contribution in [0.4, 0.5) is 10.5 Å². The van der Waals surface area contributed by atoms with E-state index >= 15 is 0 Å². The molecule has 1 saturated heterocycles. The van der Waals surface area contributed by atoms with E-state index in [1.165, 1.54) is 5.56 Å². The first-order valence-corrected chi connectivity index (χ1v) is 9.51. The summed E-state index contributed by atoms with van der Waals surface area (Å²) in [5.41, 5.74) is 1.77. The highest BCUT2D eigenvalue weighted by molar-refractivity contribution is 6.45. The normalized spacial score (nSPS) is 19.1. The Kier molecular flexibility index (Phi) is 5.58. The summed E-state index contributed by atoms with van der Waals surface area (Å²) in [5.74, 6) is -1.82. The second-order valence-electron chi connectivity index (χ2n) is 7.27. The molecule has 3 rings (SSSR count). The minimum absolute atomic E-state index is 0.227. The zero-order valence-corrected chi connectivity index (χ0v) is 15.7. The maximum absolute atomic E-state index is 12.5. The molecule has 0 radical (unpaired) electrons. The molecule has 1 saturated carbocycles. The lowest BCUT2D eigenvalue weighted by atomic mass is 9.99. The van der Waals surface area contributed by atoms with Gasteiger partial charge in [-0.2, -0.15) is 0 Å². The van der Waals surface area contributed by atoms with Crippen molar-refractivity contribution >= 4 is 29.4 Å². The van der Waals surface area contributed by atoms with Crippen LogP contribution in [-0.2, 0) is 14.4 Å². The van der Waals surface area contributed by atoms with E-state index in [1.807, 2.05) is 12.1 Å². The molecule has 1 aliphatic carbocycles. The van der Waals surface area contributed by atoms with E-state index in [1.54, 1.807) is 12.1 Å². The van der Waals surface area contributed by atoms with Gasteiger partial charge in [-0.05, 0) is 42.9 Å². The molecule has 1 aromatic rings. The van der Waals surface area contributed by atoms with Crippen LogP contribution in [0.2, 0.25) is 0 Å². The molecule has 2 aliphatic rings.